The van der Waals surface area contributed by atoms with E-state index in [9.17, 15) is 4.79 Å². The van der Waals surface area contributed by atoms with Crippen LogP contribution in [0.4, 0.5) is 5.69 Å². The first-order chi connectivity index (χ1) is 14.2. The molecule has 4 rings (SSSR count). The average molecular weight is 403 g/mol. The van der Waals surface area contributed by atoms with E-state index in [4.69, 9.17) is 4.74 Å². The minimum atomic E-state index is -0.326. The van der Waals surface area contributed by atoms with Gasteiger partial charge < -0.3 is 10.1 Å². The van der Waals surface area contributed by atoms with Crippen molar-refractivity contribution >= 4 is 34.7 Å². The fourth-order valence-corrected chi connectivity index (χ4v) is 3.37. The molecule has 8 heteroatoms. The summed E-state index contributed by atoms with van der Waals surface area (Å²) in [6.45, 7) is 0. The summed E-state index contributed by atoms with van der Waals surface area (Å²) in [5, 5.41) is 16.8. The van der Waals surface area contributed by atoms with Gasteiger partial charge in [-0.25, -0.2) is 0 Å². The molecule has 1 N–H and O–H groups in total. The first-order valence-electron chi connectivity index (χ1n) is 8.79. The number of nitrogens with zero attached hydrogens (tertiary/aromatic N) is 4. The number of anilines is 1. The monoisotopic (exact) mass is 403 g/mol. The van der Waals surface area contributed by atoms with Gasteiger partial charge in [0.1, 0.15) is 11.4 Å². The van der Waals surface area contributed by atoms with Crippen molar-refractivity contribution in [3.05, 3.63) is 77.0 Å². The lowest BCUT2D eigenvalue weighted by molar-refractivity contribution is -0.111. The zero-order valence-corrected chi connectivity index (χ0v) is 16.3. The van der Waals surface area contributed by atoms with Gasteiger partial charge in [-0.15, -0.1) is 16.4 Å². The van der Waals surface area contributed by atoms with Gasteiger partial charge in [0.2, 0.25) is 0 Å². The van der Waals surface area contributed by atoms with Crippen LogP contribution in [-0.4, -0.2) is 33.2 Å². The van der Waals surface area contributed by atoms with E-state index in [0.717, 1.165) is 10.4 Å². The second-order valence-corrected chi connectivity index (χ2v) is 6.99. The Labute approximate surface area is 171 Å². The molecule has 0 aliphatic heterocycles. The van der Waals surface area contributed by atoms with Gasteiger partial charge in [-0.2, -0.15) is 4.68 Å². The van der Waals surface area contributed by atoms with Gasteiger partial charge in [0.05, 0.1) is 7.11 Å². The third-order valence-electron chi connectivity index (χ3n) is 4.13. The van der Waals surface area contributed by atoms with Crippen LogP contribution in [0.3, 0.4) is 0 Å². The smallest absolute Gasteiger partial charge is 0.274 e. The molecule has 0 fully saturated rings. The van der Waals surface area contributed by atoms with Gasteiger partial charge >= 0.3 is 0 Å². The van der Waals surface area contributed by atoms with Gasteiger partial charge in [-0.1, -0.05) is 36.4 Å². The lowest BCUT2D eigenvalue weighted by atomic mass is 10.2. The number of ether oxygens (including phenoxy) is 1. The van der Waals surface area contributed by atoms with Crippen molar-refractivity contribution in [2.75, 3.05) is 12.4 Å². The van der Waals surface area contributed by atoms with Gasteiger partial charge in [-0.05, 0) is 52.2 Å². The summed E-state index contributed by atoms with van der Waals surface area (Å²) in [5.41, 5.74) is 1.76. The minimum absolute atomic E-state index is 0.312. The van der Waals surface area contributed by atoms with Gasteiger partial charge in [0.15, 0.2) is 5.82 Å². The standard InChI is InChI=1S/C21H17N5O2S/c1-28-17-11-9-16(10-12-17)22-21(27)19(14-18-8-5-13-29-18)26-20(23-24-25-26)15-6-3-2-4-7-15/h2-14H,1H3,(H,22,27)/b19-14-. The number of aromatic nitrogens is 4. The van der Waals surface area contributed by atoms with E-state index in [-0.39, 0.29) is 5.91 Å². The van der Waals surface area contributed by atoms with E-state index in [1.54, 1.807) is 37.5 Å². The Morgan fingerprint density at radius 3 is 2.55 bits per heavy atom. The van der Waals surface area contributed by atoms with Gasteiger partial charge in [-0.3, -0.25) is 4.79 Å². The van der Waals surface area contributed by atoms with Crippen LogP contribution in [0.25, 0.3) is 23.2 Å². The predicted molar refractivity (Wildman–Crippen MR) is 113 cm³/mol. The van der Waals surface area contributed by atoms with Crippen molar-refractivity contribution in [2.45, 2.75) is 0 Å². The Kier molecular flexibility index (Phi) is 5.44. The lowest BCUT2D eigenvalue weighted by Gasteiger charge is -2.11. The quantitative estimate of drug-likeness (QED) is 0.491. The number of methoxy groups -OCH3 is 1. The minimum Gasteiger partial charge on any atom is -0.497 e. The Morgan fingerprint density at radius 2 is 1.86 bits per heavy atom. The summed E-state index contributed by atoms with van der Waals surface area (Å²) < 4.78 is 6.61. The number of nitrogens with one attached hydrogen (secondary N) is 1. The molecule has 7 nitrogen and oxygen atoms in total. The molecule has 2 heterocycles. The first-order valence-corrected chi connectivity index (χ1v) is 9.67. The maximum atomic E-state index is 13.2. The van der Waals surface area contributed by atoms with Crippen molar-refractivity contribution in [1.82, 2.24) is 20.2 Å². The van der Waals surface area contributed by atoms with Crippen LogP contribution in [0.2, 0.25) is 0 Å². The van der Waals surface area contributed by atoms with E-state index in [1.807, 2.05) is 47.8 Å². The van der Waals surface area contributed by atoms with Crippen molar-refractivity contribution in [2.24, 2.45) is 0 Å². The van der Waals surface area contributed by atoms with E-state index in [1.165, 1.54) is 16.0 Å². The number of thiophene rings is 1. The topological polar surface area (TPSA) is 81.9 Å². The molecule has 0 saturated heterocycles. The molecule has 0 bridgehead atoms. The molecule has 1 amide bonds. The SMILES string of the molecule is COc1ccc(NC(=O)/C(=C/c2cccs2)n2nnnc2-c2ccccc2)cc1. The second kappa shape index (κ2) is 8.49. The summed E-state index contributed by atoms with van der Waals surface area (Å²) >= 11 is 1.52. The Morgan fingerprint density at radius 1 is 1.07 bits per heavy atom. The van der Waals surface area contributed by atoms with E-state index < -0.39 is 0 Å². The average Bonchev–Trinajstić information content (AvgIpc) is 3.45. The van der Waals surface area contributed by atoms with Crippen molar-refractivity contribution in [3.63, 3.8) is 0 Å². The summed E-state index contributed by atoms with van der Waals surface area (Å²) in [6, 6.07) is 20.5. The van der Waals surface area contributed by atoms with Crippen LogP contribution in [0.15, 0.2) is 72.1 Å². The highest BCUT2D eigenvalue weighted by Gasteiger charge is 2.19. The molecular formula is C21H17N5O2S. The highest BCUT2D eigenvalue weighted by Crippen LogP contribution is 2.23. The van der Waals surface area contributed by atoms with E-state index in [2.05, 4.69) is 20.8 Å². The van der Waals surface area contributed by atoms with Crippen LogP contribution in [0, 0.1) is 0 Å². The Hall–Kier alpha value is -3.78. The lowest BCUT2D eigenvalue weighted by Crippen LogP contribution is -2.19. The summed E-state index contributed by atoms with van der Waals surface area (Å²) in [5.74, 6) is 0.871. The van der Waals surface area contributed by atoms with Crippen LogP contribution in [-0.2, 0) is 4.79 Å². The number of benzene rings is 2. The Bertz CT molecular complexity index is 1120. The molecular weight excluding hydrogens is 386 g/mol. The third-order valence-corrected chi connectivity index (χ3v) is 4.95. The first kappa shape index (κ1) is 18.6. The van der Waals surface area contributed by atoms with E-state index >= 15 is 0 Å². The summed E-state index contributed by atoms with van der Waals surface area (Å²) in [7, 11) is 1.60. The molecule has 0 aliphatic rings. The normalized spacial score (nSPS) is 11.3. The maximum absolute atomic E-state index is 13.2. The fraction of sp³-hybridized carbons (Fsp3) is 0.0476. The van der Waals surface area contributed by atoms with Crippen molar-refractivity contribution in [3.8, 4) is 17.1 Å². The van der Waals surface area contributed by atoms with Crippen LogP contribution >= 0.6 is 11.3 Å². The molecule has 144 valence electrons. The van der Waals surface area contributed by atoms with Gasteiger partial charge in [0.25, 0.3) is 5.91 Å². The zero-order valence-electron chi connectivity index (χ0n) is 15.5. The molecule has 29 heavy (non-hydrogen) atoms. The second-order valence-electron chi connectivity index (χ2n) is 6.01. The van der Waals surface area contributed by atoms with Crippen molar-refractivity contribution < 1.29 is 9.53 Å². The molecule has 0 unspecified atom stereocenters. The third kappa shape index (κ3) is 4.22. The molecule has 0 aliphatic carbocycles. The largest absolute Gasteiger partial charge is 0.497 e. The molecule has 4 aromatic rings. The number of hydrogen-bond acceptors (Lipinski definition) is 6. The highest BCUT2D eigenvalue weighted by atomic mass is 32.1. The van der Waals surface area contributed by atoms with Crippen LogP contribution in [0.5, 0.6) is 5.75 Å². The number of amides is 1. The number of hydrogen-bond donors (Lipinski definition) is 1. The predicted octanol–water partition coefficient (Wildman–Crippen LogP) is 4.05. The van der Waals surface area contributed by atoms with Crippen LogP contribution < -0.4 is 10.1 Å². The van der Waals surface area contributed by atoms with Crippen LogP contribution in [0.1, 0.15) is 4.88 Å². The molecule has 0 spiro atoms. The summed E-state index contributed by atoms with van der Waals surface area (Å²) in [4.78, 5) is 14.1. The number of rotatable bonds is 6. The van der Waals surface area contributed by atoms with E-state index in [0.29, 0.717) is 23.0 Å². The molecule has 2 aromatic heterocycles. The molecule has 0 atom stereocenters. The maximum Gasteiger partial charge on any atom is 0.274 e. The Balaban J connectivity index is 1.72. The number of carbonyl (C=O) groups excluding carboxylic acids is 1. The highest BCUT2D eigenvalue weighted by molar-refractivity contribution is 7.10. The molecule has 2 aromatic carbocycles. The molecule has 0 radical (unpaired) electrons. The van der Waals surface area contributed by atoms with Gasteiger partial charge in [0, 0.05) is 16.1 Å². The number of carbonyl (C=O) groups is 1. The van der Waals surface area contributed by atoms with Crippen molar-refractivity contribution in [1.29, 1.82) is 0 Å². The zero-order chi connectivity index (χ0) is 20.1. The molecule has 0 saturated carbocycles. The fourth-order valence-electron chi connectivity index (χ4n) is 2.72. The summed E-state index contributed by atoms with van der Waals surface area (Å²) in [6.07, 6.45) is 1.77. The number of tetrazole rings is 1.